The second kappa shape index (κ2) is 4.46. The molecule has 1 N–H and O–H groups in total. The maximum absolute atomic E-state index is 12.4. The monoisotopic (exact) mass is 262 g/mol. The van der Waals surface area contributed by atoms with Gasteiger partial charge in [-0.3, -0.25) is 9.59 Å². The first-order chi connectivity index (χ1) is 9.16. The molecule has 0 spiro atoms. The molecule has 1 aromatic rings. The summed E-state index contributed by atoms with van der Waals surface area (Å²) >= 11 is 0. The minimum atomic E-state index is -0.452. The van der Waals surface area contributed by atoms with Gasteiger partial charge in [-0.05, 0) is 25.1 Å². The second-order valence-corrected chi connectivity index (χ2v) is 4.53. The summed E-state index contributed by atoms with van der Waals surface area (Å²) in [5.41, 5.74) is 0.505. The molecule has 0 bridgehead atoms. The SMILES string of the molecule is C[C@@H]1C(=O)NCCN1C(=O)c1ccc2c(c1)OCO2. The van der Waals surface area contributed by atoms with Crippen LogP contribution in [0.3, 0.4) is 0 Å². The smallest absolute Gasteiger partial charge is 0.254 e. The molecule has 0 aromatic heterocycles. The molecule has 6 heteroatoms. The maximum atomic E-state index is 12.4. The normalized spacial score (nSPS) is 21.2. The number of carbonyl (C=O) groups excluding carboxylic acids is 2. The first-order valence-electron chi connectivity index (χ1n) is 6.15. The molecule has 100 valence electrons. The summed E-state index contributed by atoms with van der Waals surface area (Å²) in [5, 5.41) is 2.73. The van der Waals surface area contributed by atoms with Gasteiger partial charge in [-0.15, -0.1) is 0 Å². The zero-order valence-electron chi connectivity index (χ0n) is 10.5. The predicted molar refractivity (Wildman–Crippen MR) is 66.1 cm³/mol. The van der Waals surface area contributed by atoms with Crippen LogP contribution in [0.2, 0.25) is 0 Å². The molecule has 1 saturated heterocycles. The van der Waals surface area contributed by atoms with E-state index in [0.29, 0.717) is 30.2 Å². The third-order valence-corrected chi connectivity index (χ3v) is 3.38. The van der Waals surface area contributed by atoms with Gasteiger partial charge in [0.1, 0.15) is 6.04 Å². The van der Waals surface area contributed by atoms with Crippen molar-refractivity contribution < 1.29 is 19.1 Å². The summed E-state index contributed by atoms with van der Waals surface area (Å²) in [6, 6.07) is 4.61. The lowest BCUT2D eigenvalue weighted by atomic mass is 10.1. The number of hydrogen-bond acceptors (Lipinski definition) is 4. The molecular formula is C13H14N2O4. The van der Waals surface area contributed by atoms with Crippen molar-refractivity contribution in [2.45, 2.75) is 13.0 Å². The van der Waals surface area contributed by atoms with E-state index < -0.39 is 6.04 Å². The van der Waals surface area contributed by atoms with E-state index in [1.54, 1.807) is 30.0 Å². The van der Waals surface area contributed by atoms with Gasteiger partial charge < -0.3 is 19.7 Å². The largest absolute Gasteiger partial charge is 0.454 e. The molecule has 2 heterocycles. The first-order valence-corrected chi connectivity index (χ1v) is 6.15. The second-order valence-electron chi connectivity index (χ2n) is 4.53. The molecule has 6 nitrogen and oxygen atoms in total. The highest BCUT2D eigenvalue weighted by atomic mass is 16.7. The summed E-state index contributed by atoms with van der Waals surface area (Å²) in [7, 11) is 0. The van der Waals surface area contributed by atoms with Crippen molar-refractivity contribution in [2.75, 3.05) is 19.9 Å². The van der Waals surface area contributed by atoms with E-state index in [1.807, 2.05) is 0 Å². The van der Waals surface area contributed by atoms with Crippen molar-refractivity contribution in [1.29, 1.82) is 0 Å². The Bertz CT molecular complexity index is 543. The third-order valence-electron chi connectivity index (χ3n) is 3.38. The van der Waals surface area contributed by atoms with Crippen molar-refractivity contribution in [3.8, 4) is 11.5 Å². The summed E-state index contributed by atoms with van der Waals surface area (Å²) in [6.45, 7) is 2.90. The minimum Gasteiger partial charge on any atom is -0.454 e. The standard InChI is InChI=1S/C13H14N2O4/c1-8-12(16)14-4-5-15(8)13(17)9-2-3-10-11(6-9)19-7-18-10/h2-3,6,8H,4-5,7H2,1H3,(H,14,16)/t8-/m1/s1. The highest BCUT2D eigenvalue weighted by Crippen LogP contribution is 2.32. The van der Waals surface area contributed by atoms with Gasteiger partial charge in [0.25, 0.3) is 5.91 Å². The van der Waals surface area contributed by atoms with Crippen LogP contribution >= 0.6 is 0 Å². The average molecular weight is 262 g/mol. The quantitative estimate of drug-likeness (QED) is 0.794. The van der Waals surface area contributed by atoms with Crippen LogP contribution in [0.1, 0.15) is 17.3 Å². The first kappa shape index (κ1) is 11.8. The van der Waals surface area contributed by atoms with Gasteiger partial charge in [0, 0.05) is 18.7 Å². The molecular weight excluding hydrogens is 248 g/mol. The van der Waals surface area contributed by atoms with E-state index >= 15 is 0 Å². The van der Waals surface area contributed by atoms with E-state index in [0.717, 1.165) is 0 Å². The highest BCUT2D eigenvalue weighted by Gasteiger charge is 2.30. The zero-order chi connectivity index (χ0) is 13.4. The number of ether oxygens (including phenoxy) is 2. The van der Waals surface area contributed by atoms with Crippen LogP contribution in [-0.4, -0.2) is 42.6 Å². The third kappa shape index (κ3) is 1.99. The van der Waals surface area contributed by atoms with Crippen LogP contribution in [0.4, 0.5) is 0 Å². The number of nitrogens with zero attached hydrogens (tertiary/aromatic N) is 1. The number of rotatable bonds is 1. The van der Waals surface area contributed by atoms with Crippen LogP contribution in [0, 0.1) is 0 Å². The van der Waals surface area contributed by atoms with Crippen LogP contribution in [0.25, 0.3) is 0 Å². The fourth-order valence-corrected chi connectivity index (χ4v) is 2.26. The van der Waals surface area contributed by atoms with Gasteiger partial charge in [0.05, 0.1) is 0 Å². The Labute approximate surface area is 110 Å². The van der Waals surface area contributed by atoms with E-state index in [4.69, 9.17) is 9.47 Å². The maximum Gasteiger partial charge on any atom is 0.254 e. The van der Waals surface area contributed by atoms with Crippen molar-refractivity contribution >= 4 is 11.8 Å². The van der Waals surface area contributed by atoms with Crippen LogP contribution < -0.4 is 14.8 Å². The Kier molecular flexibility index (Phi) is 2.77. The van der Waals surface area contributed by atoms with Gasteiger partial charge in [-0.1, -0.05) is 0 Å². The Morgan fingerprint density at radius 2 is 2.16 bits per heavy atom. The lowest BCUT2D eigenvalue weighted by molar-refractivity contribution is -0.127. The van der Waals surface area contributed by atoms with E-state index in [9.17, 15) is 9.59 Å². The van der Waals surface area contributed by atoms with Gasteiger partial charge in [0.2, 0.25) is 12.7 Å². The van der Waals surface area contributed by atoms with Crippen molar-refractivity contribution in [3.05, 3.63) is 23.8 Å². The van der Waals surface area contributed by atoms with Crippen molar-refractivity contribution in [2.24, 2.45) is 0 Å². The van der Waals surface area contributed by atoms with Crippen LogP contribution in [0.5, 0.6) is 11.5 Å². The Morgan fingerprint density at radius 1 is 1.37 bits per heavy atom. The molecule has 3 rings (SSSR count). The number of fused-ring (bicyclic) bond motifs is 1. The number of nitrogens with one attached hydrogen (secondary N) is 1. The predicted octanol–water partition coefficient (Wildman–Crippen LogP) is 0.376. The van der Waals surface area contributed by atoms with E-state index in [-0.39, 0.29) is 18.6 Å². The van der Waals surface area contributed by atoms with Gasteiger partial charge >= 0.3 is 0 Å². The van der Waals surface area contributed by atoms with E-state index in [1.165, 1.54) is 0 Å². The molecule has 2 aliphatic heterocycles. The van der Waals surface area contributed by atoms with Gasteiger partial charge in [0.15, 0.2) is 11.5 Å². The Hall–Kier alpha value is -2.24. The average Bonchev–Trinajstić information content (AvgIpc) is 2.88. The zero-order valence-corrected chi connectivity index (χ0v) is 10.5. The lowest BCUT2D eigenvalue weighted by Gasteiger charge is -2.32. The highest BCUT2D eigenvalue weighted by molar-refractivity contribution is 5.98. The van der Waals surface area contributed by atoms with Crippen LogP contribution in [-0.2, 0) is 4.79 Å². The van der Waals surface area contributed by atoms with Gasteiger partial charge in [-0.2, -0.15) is 0 Å². The Morgan fingerprint density at radius 3 is 3.00 bits per heavy atom. The molecule has 0 unspecified atom stereocenters. The molecule has 2 amide bonds. The Balaban J connectivity index is 1.85. The minimum absolute atomic E-state index is 0.125. The molecule has 0 saturated carbocycles. The molecule has 2 aliphatic rings. The summed E-state index contributed by atoms with van der Waals surface area (Å²) in [6.07, 6.45) is 0. The topological polar surface area (TPSA) is 67.9 Å². The summed E-state index contributed by atoms with van der Waals surface area (Å²) in [4.78, 5) is 25.5. The molecule has 0 radical (unpaired) electrons. The van der Waals surface area contributed by atoms with Crippen LogP contribution in [0.15, 0.2) is 18.2 Å². The van der Waals surface area contributed by atoms with Crippen molar-refractivity contribution in [3.63, 3.8) is 0 Å². The number of piperazine rings is 1. The lowest BCUT2D eigenvalue weighted by Crippen LogP contribution is -2.55. The van der Waals surface area contributed by atoms with E-state index in [2.05, 4.69) is 5.32 Å². The number of amides is 2. The fraction of sp³-hybridized carbons (Fsp3) is 0.385. The molecule has 1 aromatic carbocycles. The van der Waals surface area contributed by atoms with Gasteiger partial charge in [-0.25, -0.2) is 0 Å². The molecule has 1 atom stereocenters. The fourth-order valence-electron chi connectivity index (χ4n) is 2.26. The number of hydrogen-bond donors (Lipinski definition) is 1. The van der Waals surface area contributed by atoms with Crippen molar-refractivity contribution in [1.82, 2.24) is 10.2 Å². The molecule has 0 aliphatic carbocycles. The molecule has 19 heavy (non-hydrogen) atoms. The summed E-state index contributed by atoms with van der Waals surface area (Å²) < 4.78 is 10.5. The summed E-state index contributed by atoms with van der Waals surface area (Å²) in [5.74, 6) is 0.918. The molecule has 1 fully saturated rings. The number of benzene rings is 1. The number of carbonyl (C=O) groups is 2.